The second kappa shape index (κ2) is 6.05. The van der Waals surface area contributed by atoms with Gasteiger partial charge < -0.3 is 5.11 Å². The summed E-state index contributed by atoms with van der Waals surface area (Å²) in [5.41, 5.74) is 0.0579. The van der Waals surface area contributed by atoms with Crippen LogP contribution in [-0.2, 0) is 17.1 Å². The Morgan fingerprint density at radius 3 is 2.52 bits per heavy atom. The van der Waals surface area contributed by atoms with Crippen molar-refractivity contribution in [3.05, 3.63) is 52.8 Å². The number of carboxylic acid groups (broad SMARTS) is 1. The van der Waals surface area contributed by atoms with E-state index in [0.717, 1.165) is 0 Å². The fraction of sp³-hybridized carbons (Fsp3) is 0.125. The summed E-state index contributed by atoms with van der Waals surface area (Å²) in [6.45, 7) is 1.51. The van der Waals surface area contributed by atoms with Crippen molar-refractivity contribution in [2.75, 3.05) is 4.72 Å². The fourth-order valence-corrected chi connectivity index (χ4v) is 4.52. The number of aryl methyl sites for hydroxylation is 2. The van der Waals surface area contributed by atoms with Crippen molar-refractivity contribution in [1.29, 1.82) is 0 Å². The highest BCUT2D eigenvalue weighted by Gasteiger charge is 2.27. The topological polar surface area (TPSA) is 101 Å². The van der Waals surface area contributed by atoms with Gasteiger partial charge in [0.2, 0.25) is 0 Å². The minimum atomic E-state index is -4.11. The van der Waals surface area contributed by atoms with Crippen LogP contribution in [0.2, 0.25) is 5.15 Å². The molecule has 0 atom stereocenters. The number of nitrogens with one attached hydrogen (secondary N) is 1. The first kappa shape index (κ1) is 17.2. The van der Waals surface area contributed by atoms with Crippen LogP contribution in [0.15, 0.2) is 41.3 Å². The van der Waals surface area contributed by atoms with E-state index >= 15 is 0 Å². The van der Waals surface area contributed by atoms with Crippen LogP contribution in [0.3, 0.4) is 0 Å². The monoisotopic (exact) mass is 379 g/mol. The molecule has 0 aliphatic rings. The predicted molar refractivity (Wildman–Crippen MR) is 94.7 cm³/mol. The van der Waals surface area contributed by atoms with Crippen molar-refractivity contribution >= 4 is 44.1 Å². The van der Waals surface area contributed by atoms with Crippen LogP contribution < -0.4 is 4.72 Å². The van der Waals surface area contributed by atoms with E-state index in [1.165, 1.54) is 24.7 Å². The van der Waals surface area contributed by atoms with Crippen molar-refractivity contribution in [3.8, 4) is 0 Å². The van der Waals surface area contributed by atoms with Gasteiger partial charge in [-0.1, -0.05) is 41.9 Å². The first-order valence-electron chi connectivity index (χ1n) is 7.19. The highest BCUT2D eigenvalue weighted by molar-refractivity contribution is 7.92. The summed E-state index contributed by atoms with van der Waals surface area (Å²) in [4.78, 5) is 11.5. The van der Waals surface area contributed by atoms with E-state index in [2.05, 4.69) is 9.82 Å². The Morgan fingerprint density at radius 1 is 1.24 bits per heavy atom. The molecular weight excluding hydrogens is 366 g/mol. The molecular formula is C16H14ClN3O4S. The molecule has 130 valence electrons. The summed E-state index contributed by atoms with van der Waals surface area (Å²) >= 11 is 6.03. The van der Waals surface area contributed by atoms with Gasteiger partial charge in [-0.25, -0.2) is 13.2 Å². The van der Waals surface area contributed by atoms with Crippen LogP contribution >= 0.6 is 11.6 Å². The quantitative estimate of drug-likeness (QED) is 0.725. The average molecular weight is 380 g/mol. The van der Waals surface area contributed by atoms with Gasteiger partial charge in [0.05, 0.1) is 16.9 Å². The molecule has 3 rings (SSSR count). The van der Waals surface area contributed by atoms with Gasteiger partial charge in [0.25, 0.3) is 10.0 Å². The third-order valence-electron chi connectivity index (χ3n) is 3.76. The van der Waals surface area contributed by atoms with Crippen molar-refractivity contribution in [1.82, 2.24) is 9.78 Å². The van der Waals surface area contributed by atoms with Gasteiger partial charge in [-0.3, -0.25) is 9.40 Å². The van der Waals surface area contributed by atoms with Crippen LogP contribution in [-0.4, -0.2) is 29.3 Å². The summed E-state index contributed by atoms with van der Waals surface area (Å²) in [6.07, 6.45) is 0. The van der Waals surface area contributed by atoms with Gasteiger partial charge in [0.1, 0.15) is 10.0 Å². The molecule has 9 heteroatoms. The van der Waals surface area contributed by atoms with E-state index in [-0.39, 0.29) is 27.0 Å². The lowest BCUT2D eigenvalue weighted by Crippen LogP contribution is -2.16. The van der Waals surface area contributed by atoms with Crippen LogP contribution in [0.4, 0.5) is 5.69 Å². The number of anilines is 1. The lowest BCUT2D eigenvalue weighted by atomic mass is 10.0. The molecule has 7 nitrogen and oxygen atoms in total. The number of hydrogen-bond acceptors (Lipinski definition) is 4. The third kappa shape index (κ3) is 2.94. The maximum Gasteiger partial charge on any atom is 0.338 e. The summed E-state index contributed by atoms with van der Waals surface area (Å²) < 4.78 is 29.0. The van der Waals surface area contributed by atoms with Gasteiger partial charge in [0.15, 0.2) is 0 Å². The van der Waals surface area contributed by atoms with Crippen LogP contribution in [0.25, 0.3) is 10.8 Å². The average Bonchev–Trinajstić information content (AvgIpc) is 2.79. The van der Waals surface area contributed by atoms with Crippen molar-refractivity contribution in [2.45, 2.75) is 11.8 Å². The van der Waals surface area contributed by atoms with E-state index in [0.29, 0.717) is 10.8 Å². The van der Waals surface area contributed by atoms with Gasteiger partial charge in [0, 0.05) is 7.05 Å². The number of hydrogen-bond donors (Lipinski definition) is 2. The van der Waals surface area contributed by atoms with E-state index in [4.69, 9.17) is 11.6 Å². The Balaban J connectivity index is 2.18. The Kier molecular flexibility index (Phi) is 4.18. The molecule has 0 aliphatic heterocycles. The second-order valence-electron chi connectivity index (χ2n) is 5.45. The van der Waals surface area contributed by atoms with E-state index < -0.39 is 16.0 Å². The first-order valence-corrected chi connectivity index (χ1v) is 9.05. The molecule has 0 unspecified atom stereocenters. The van der Waals surface area contributed by atoms with Crippen molar-refractivity contribution in [3.63, 3.8) is 0 Å². The zero-order valence-electron chi connectivity index (χ0n) is 13.3. The molecule has 25 heavy (non-hydrogen) atoms. The summed E-state index contributed by atoms with van der Waals surface area (Å²) in [7, 11) is -2.59. The number of rotatable bonds is 4. The number of aromatic carboxylic acids is 1. The smallest absolute Gasteiger partial charge is 0.338 e. The molecule has 0 saturated carbocycles. The summed E-state index contributed by atoms with van der Waals surface area (Å²) in [6, 6.07) is 9.91. The Hall–Kier alpha value is -2.58. The Morgan fingerprint density at radius 2 is 1.92 bits per heavy atom. The zero-order chi connectivity index (χ0) is 18.4. The van der Waals surface area contributed by atoms with Gasteiger partial charge >= 0.3 is 5.97 Å². The van der Waals surface area contributed by atoms with Crippen molar-refractivity contribution < 1.29 is 18.3 Å². The molecule has 0 amide bonds. The van der Waals surface area contributed by atoms with E-state index in [1.807, 2.05) is 0 Å². The Labute approximate surface area is 148 Å². The lowest BCUT2D eigenvalue weighted by Gasteiger charge is -2.12. The number of carbonyl (C=O) groups is 1. The fourth-order valence-electron chi connectivity index (χ4n) is 2.70. The summed E-state index contributed by atoms with van der Waals surface area (Å²) in [5.74, 6) is -1.23. The molecule has 0 radical (unpaired) electrons. The molecule has 0 fully saturated rings. The predicted octanol–water partition coefficient (Wildman–Crippen LogP) is 3.03. The van der Waals surface area contributed by atoms with E-state index in [1.54, 1.807) is 30.3 Å². The lowest BCUT2D eigenvalue weighted by molar-refractivity contribution is 0.0700. The van der Waals surface area contributed by atoms with Gasteiger partial charge in [-0.15, -0.1) is 0 Å². The normalized spacial score (nSPS) is 11.6. The SMILES string of the molecule is Cc1nn(C)c(Cl)c1S(=O)(=O)Nc1ccc2ccccc2c1C(=O)O. The van der Waals surface area contributed by atoms with E-state index in [9.17, 15) is 18.3 Å². The molecule has 0 aliphatic carbocycles. The molecule has 2 aromatic carbocycles. The number of carboxylic acids is 1. The zero-order valence-corrected chi connectivity index (χ0v) is 14.9. The van der Waals surface area contributed by atoms with Crippen LogP contribution in [0, 0.1) is 6.92 Å². The largest absolute Gasteiger partial charge is 0.478 e. The number of nitrogens with zero attached hydrogens (tertiary/aromatic N) is 2. The third-order valence-corrected chi connectivity index (χ3v) is 5.82. The molecule has 3 aromatic rings. The molecule has 0 spiro atoms. The molecule has 1 aromatic heterocycles. The highest BCUT2D eigenvalue weighted by atomic mass is 35.5. The maximum atomic E-state index is 12.7. The molecule has 1 heterocycles. The van der Waals surface area contributed by atoms with Gasteiger partial charge in [-0.2, -0.15) is 5.10 Å². The highest BCUT2D eigenvalue weighted by Crippen LogP contribution is 2.30. The minimum Gasteiger partial charge on any atom is -0.478 e. The van der Waals surface area contributed by atoms with Crippen molar-refractivity contribution in [2.24, 2.45) is 7.05 Å². The minimum absolute atomic E-state index is 0.0366. The maximum absolute atomic E-state index is 12.7. The number of benzene rings is 2. The summed E-state index contributed by atoms with van der Waals surface area (Å²) in [5, 5.41) is 14.6. The number of halogens is 1. The van der Waals surface area contributed by atoms with Gasteiger partial charge in [-0.05, 0) is 23.8 Å². The number of sulfonamides is 1. The van der Waals surface area contributed by atoms with Crippen LogP contribution in [0.5, 0.6) is 0 Å². The molecule has 0 saturated heterocycles. The van der Waals surface area contributed by atoms with Crippen LogP contribution in [0.1, 0.15) is 16.1 Å². The number of fused-ring (bicyclic) bond motifs is 1. The first-order chi connectivity index (χ1) is 11.7. The molecule has 2 N–H and O–H groups in total. The number of aromatic nitrogens is 2. The Bertz CT molecular complexity index is 1110. The molecule has 0 bridgehead atoms. The standard InChI is InChI=1S/C16H14ClN3O4S/c1-9-14(15(17)20(2)18-9)25(23,24)19-12-8-7-10-5-3-4-6-11(10)13(12)16(21)22/h3-8,19H,1-2H3,(H,21,22). The second-order valence-corrected chi connectivity index (χ2v) is 7.43.